The van der Waals surface area contributed by atoms with E-state index < -0.39 is 29.5 Å². The van der Waals surface area contributed by atoms with Crippen LogP contribution in [-0.4, -0.2) is 23.1 Å². The zero-order valence-electron chi connectivity index (χ0n) is 9.24. The number of anilines is 1. The lowest BCUT2D eigenvalue weighted by Gasteiger charge is -2.24. The molecule has 0 radical (unpaired) electrons. The fraction of sp³-hybridized carbons (Fsp3) is 0.273. The van der Waals surface area contributed by atoms with E-state index in [2.05, 4.69) is 5.32 Å². The highest BCUT2D eigenvalue weighted by Crippen LogP contribution is 2.36. The molecule has 0 saturated heterocycles. The van der Waals surface area contributed by atoms with Crippen LogP contribution < -0.4 is 10.1 Å². The standard InChI is InChI=1S/C11H9F2NO4/c1-5-9(15)14-7-4-6(2-3-8(7)18-5)11(12,13)10(16)17/h2-5H,1H3,(H,14,15)(H,16,17). The molecule has 0 saturated carbocycles. The third kappa shape index (κ3) is 1.87. The largest absolute Gasteiger partial charge is 0.479 e. The number of amides is 1. The minimum atomic E-state index is -4.01. The third-order valence-electron chi connectivity index (χ3n) is 2.54. The lowest BCUT2D eigenvalue weighted by molar-refractivity contribution is -0.166. The van der Waals surface area contributed by atoms with E-state index in [0.29, 0.717) is 0 Å². The van der Waals surface area contributed by atoms with Gasteiger partial charge in [-0.3, -0.25) is 4.79 Å². The number of ether oxygens (including phenoxy) is 1. The average Bonchev–Trinajstić information content (AvgIpc) is 2.29. The van der Waals surface area contributed by atoms with Crippen molar-refractivity contribution in [3.63, 3.8) is 0 Å². The molecule has 1 aromatic rings. The van der Waals surface area contributed by atoms with Gasteiger partial charge in [0, 0.05) is 5.56 Å². The summed E-state index contributed by atoms with van der Waals surface area (Å²) in [4.78, 5) is 21.7. The molecule has 1 aromatic carbocycles. The summed E-state index contributed by atoms with van der Waals surface area (Å²) in [6.45, 7) is 1.51. The summed E-state index contributed by atoms with van der Waals surface area (Å²) < 4.78 is 31.7. The Balaban J connectivity index is 2.42. The van der Waals surface area contributed by atoms with Crippen LogP contribution >= 0.6 is 0 Å². The highest BCUT2D eigenvalue weighted by Gasteiger charge is 2.41. The number of carboxylic acid groups (broad SMARTS) is 1. The van der Waals surface area contributed by atoms with Crippen molar-refractivity contribution in [1.82, 2.24) is 0 Å². The van der Waals surface area contributed by atoms with Crippen LogP contribution in [0.2, 0.25) is 0 Å². The Kier molecular flexibility index (Phi) is 2.68. The SMILES string of the molecule is CC1Oc2ccc(C(F)(F)C(=O)O)cc2NC1=O. The maximum Gasteiger partial charge on any atom is 0.379 e. The van der Waals surface area contributed by atoms with Crippen LogP contribution in [0.15, 0.2) is 18.2 Å². The van der Waals surface area contributed by atoms with Crippen molar-refractivity contribution in [2.45, 2.75) is 19.0 Å². The predicted molar refractivity (Wildman–Crippen MR) is 56.7 cm³/mol. The van der Waals surface area contributed by atoms with Gasteiger partial charge in [-0.25, -0.2) is 4.79 Å². The van der Waals surface area contributed by atoms with Gasteiger partial charge >= 0.3 is 11.9 Å². The minimum Gasteiger partial charge on any atom is -0.479 e. The Hall–Kier alpha value is -2.18. The quantitative estimate of drug-likeness (QED) is 0.843. The Morgan fingerprint density at radius 1 is 1.50 bits per heavy atom. The lowest BCUT2D eigenvalue weighted by atomic mass is 10.1. The van der Waals surface area contributed by atoms with Crippen molar-refractivity contribution < 1.29 is 28.2 Å². The van der Waals surface area contributed by atoms with E-state index in [1.54, 1.807) is 0 Å². The summed E-state index contributed by atoms with van der Waals surface area (Å²) in [7, 11) is 0. The average molecular weight is 257 g/mol. The van der Waals surface area contributed by atoms with Gasteiger partial charge < -0.3 is 15.2 Å². The molecular formula is C11H9F2NO4. The molecule has 0 fully saturated rings. The van der Waals surface area contributed by atoms with E-state index in [1.165, 1.54) is 13.0 Å². The van der Waals surface area contributed by atoms with Gasteiger partial charge in [0.05, 0.1) is 5.69 Å². The molecule has 1 aliphatic rings. The van der Waals surface area contributed by atoms with Crippen molar-refractivity contribution >= 4 is 17.6 Å². The number of carboxylic acids is 1. The van der Waals surface area contributed by atoms with Crippen LogP contribution in [-0.2, 0) is 15.5 Å². The number of nitrogens with one attached hydrogen (secondary N) is 1. The van der Waals surface area contributed by atoms with Gasteiger partial charge in [0.2, 0.25) is 0 Å². The second-order valence-electron chi connectivity index (χ2n) is 3.84. The first-order valence-electron chi connectivity index (χ1n) is 5.05. The predicted octanol–water partition coefficient (Wildman–Crippen LogP) is 1.58. The van der Waals surface area contributed by atoms with Crippen molar-refractivity contribution in [2.24, 2.45) is 0 Å². The molecule has 5 nitrogen and oxygen atoms in total. The molecule has 96 valence electrons. The van der Waals surface area contributed by atoms with Gasteiger partial charge in [-0.05, 0) is 25.1 Å². The number of rotatable bonds is 2. The Bertz CT molecular complexity index is 530. The highest BCUT2D eigenvalue weighted by molar-refractivity contribution is 5.97. The number of hydrogen-bond acceptors (Lipinski definition) is 3. The number of hydrogen-bond donors (Lipinski definition) is 2. The summed E-state index contributed by atoms with van der Waals surface area (Å²) in [5.74, 6) is -6.51. The summed E-state index contributed by atoms with van der Waals surface area (Å²) >= 11 is 0. The first kappa shape index (κ1) is 12.3. The second kappa shape index (κ2) is 3.94. The summed E-state index contributed by atoms with van der Waals surface area (Å²) in [5.41, 5.74) is -0.677. The highest BCUT2D eigenvalue weighted by atomic mass is 19.3. The van der Waals surface area contributed by atoms with E-state index >= 15 is 0 Å². The molecule has 1 aliphatic heterocycles. The molecule has 0 aliphatic carbocycles. The fourth-order valence-electron chi connectivity index (χ4n) is 1.53. The van der Waals surface area contributed by atoms with Crippen molar-refractivity contribution in [3.05, 3.63) is 23.8 Å². The summed E-state index contributed by atoms with van der Waals surface area (Å²) in [6.07, 6.45) is -0.719. The van der Waals surface area contributed by atoms with Gasteiger partial charge in [0.25, 0.3) is 5.91 Å². The number of carbonyl (C=O) groups is 2. The first-order valence-corrected chi connectivity index (χ1v) is 5.05. The zero-order valence-corrected chi connectivity index (χ0v) is 9.24. The molecular weight excluding hydrogens is 248 g/mol. The molecule has 0 spiro atoms. The van der Waals surface area contributed by atoms with Crippen LogP contribution in [0.1, 0.15) is 12.5 Å². The van der Waals surface area contributed by atoms with E-state index in [4.69, 9.17) is 9.84 Å². The van der Waals surface area contributed by atoms with E-state index in [9.17, 15) is 18.4 Å². The normalized spacial score (nSPS) is 18.6. The van der Waals surface area contributed by atoms with Gasteiger partial charge in [-0.15, -0.1) is 0 Å². The second-order valence-corrected chi connectivity index (χ2v) is 3.84. The third-order valence-corrected chi connectivity index (χ3v) is 2.54. The molecule has 0 aromatic heterocycles. The number of aliphatic carboxylic acids is 1. The molecule has 18 heavy (non-hydrogen) atoms. The molecule has 7 heteroatoms. The number of benzene rings is 1. The Morgan fingerprint density at radius 2 is 2.17 bits per heavy atom. The number of carbonyl (C=O) groups excluding carboxylic acids is 1. The molecule has 1 unspecified atom stereocenters. The van der Waals surface area contributed by atoms with Crippen LogP contribution in [0.25, 0.3) is 0 Å². The van der Waals surface area contributed by atoms with Crippen LogP contribution in [0, 0.1) is 0 Å². The van der Waals surface area contributed by atoms with E-state index in [1.807, 2.05) is 0 Å². The van der Waals surface area contributed by atoms with Crippen molar-refractivity contribution in [1.29, 1.82) is 0 Å². The fourth-order valence-corrected chi connectivity index (χ4v) is 1.53. The van der Waals surface area contributed by atoms with E-state index in [0.717, 1.165) is 12.1 Å². The molecule has 1 atom stereocenters. The smallest absolute Gasteiger partial charge is 0.379 e. The number of fused-ring (bicyclic) bond motifs is 1. The zero-order chi connectivity index (χ0) is 13.5. The monoisotopic (exact) mass is 257 g/mol. The van der Waals surface area contributed by atoms with Crippen molar-refractivity contribution in [2.75, 3.05) is 5.32 Å². The Morgan fingerprint density at radius 3 is 2.78 bits per heavy atom. The Labute approximate surface area is 100 Å². The van der Waals surface area contributed by atoms with Crippen LogP contribution in [0.4, 0.5) is 14.5 Å². The first-order chi connectivity index (χ1) is 8.32. The lowest BCUT2D eigenvalue weighted by Crippen LogP contribution is -2.34. The maximum absolute atomic E-state index is 13.3. The molecule has 1 heterocycles. The van der Waals surface area contributed by atoms with Crippen LogP contribution in [0.3, 0.4) is 0 Å². The van der Waals surface area contributed by atoms with E-state index in [-0.39, 0.29) is 11.4 Å². The van der Waals surface area contributed by atoms with Gasteiger partial charge in [0.15, 0.2) is 6.10 Å². The van der Waals surface area contributed by atoms with Gasteiger partial charge in [-0.1, -0.05) is 0 Å². The maximum atomic E-state index is 13.3. The molecule has 2 rings (SSSR count). The summed E-state index contributed by atoms with van der Waals surface area (Å²) in [6, 6.07) is 3.06. The molecule has 2 N–H and O–H groups in total. The van der Waals surface area contributed by atoms with Crippen molar-refractivity contribution in [3.8, 4) is 5.75 Å². The van der Waals surface area contributed by atoms with Gasteiger partial charge in [-0.2, -0.15) is 8.78 Å². The topological polar surface area (TPSA) is 75.6 Å². The molecule has 0 bridgehead atoms. The number of halogens is 2. The number of alkyl halides is 2. The minimum absolute atomic E-state index is 0.0384. The van der Waals surface area contributed by atoms with Gasteiger partial charge in [0.1, 0.15) is 5.75 Å². The molecule has 1 amide bonds. The van der Waals surface area contributed by atoms with Crippen LogP contribution in [0.5, 0.6) is 5.75 Å². The summed E-state index contributed by atoms with van der Waals surface area (Å²) in [5, 5.41) is 10.8.